The molecule has 3 rings (SSSR count). The highest BCUT2D eigenvalue weighted by atomic mass is 16.2. The second kappa shape index (κ2) is 11.6. The molecule has 1 aromatic rings. The lowest BCUT2D eigenvalue weighted by Gasteiger charge is -2.17. The van der Waals surface area contributed by atoms with E-state index < -0.39 is 0 Å². The zero-order valence-electron chi connectivity index (χ0n) is 18.5. The lowest BCUT2D eigenvalue weighted by Crippen LogP contribution is -2.37. The Kier molecular flexibility index (Phi) is 8.63. The van der Waals surface area contributed by atoms with Crippen molar-refractivity contribution in [3.8, 4) is 12.3 Å². The van der Waals surface area contributed by atoms with Gasteiger partial charge in [-0.3, -0.25) is 14.5 Å². The van der Waals surface area contributed by atoms with Crippen LogP contribution in [0.15, 0.2) is 42.0 Å². The first-order valence-corrected chi connectivity index (χ1v) is 11.2. The van der Waals surface area contributed by atoms with Crippen LogP contribution in [0.2, 0.25) is 0 Å². The summed E-state index contributed by atoms with van der Waals surface area (Å²) >= 11 is 0. The summed E-state index contributed by atoms with van der Waals surface area (Å²) in [6, 6.07) is 6.13. The number of fused-ring (bicyclic) bond motifs is 1. The molecule has 0 radical (unpaired) electrons. The molecule has 1 saturated heterocycles. The Hall–Kier alpha value is -2.68. The minimum absolute atomic E-state index is 0.0428. The van der Waals surface area contributed by atoms with E-state index >= 15 is 0 Å². The van der Waals surface area contributed by atoms with E-state index in [1.807, 2.05) is 25.1 Å². The smallest absolute Gasteiger partial charge is 0.220 e. The number of Topliss-reactive ketones (excluding diaryl/α,β-unsaturated/α-hetero) is 1. The molecule has 1 atom stereocenters. The maximum atomic E-state index is 12.6. The van der Waals surface area contributed by atoms with Gasteiger partial charge in [-0.1, -0.05) is 24.1 Å². The molecular weight excluding hydrogens is 386 g/mol. The van der Waals surface area contributed by atoms with Gasteiger partial charge in [0.1, 0.15) is 0 Å². The largest absolute Gasteiger partial charge is 0.352 e. The normalized spacial score (nSPS) is 19.6. The summed E-state index contributed by atoms with van der Waals surface area (Å²) in [6.45, 7) is 6.52. The molecule has 2 N–H and O–H groups in total. The summed E-state index contributed by atoms with van der Waals surface area (Å²) < 4.78 is 0. The summed E-state index contributed by atoms with van der Waals surface area (Å²) in [6.07, 6.45) is 14.4. The molecule has 5 nitrogen and oxygen atoms in total. The van der Waals surface area contributed by atoms with E-state index in [1.54, 1.807) is 6.08 Å². The second-order valence-electron chi connectivity index (χ2n) is 8.31. The van der Waals surface area contributed by atoms with Crippen molar-refractivity contribution >= 4 is 11.7 Å². The van der Waals surface area contributed by atoms with Crippen LogP contribution in [0, 0.1) is 12.3 Å². The van der Waals surface area contributed by atoms with Gasteiger partial charge in [0.05, 0.1) is 0 Å². The molecule has 1 fully saturated rings. The van der Waals surface area contributed by atoms with Crippen LogP contribution < -0.4 is 10.6 Å². The van der Waals surface area contributed by atoms with Gasteiger partial charge in [0.15, 0.2) is 5.78 Å². The van der Waals surface area contributed by atoms with Crippen LogP contribution in [0.4, 0.5) is 0 Å². The SMILES string of the molecule is C#C/C=C\C(=C/C)CN1CCC(NC(=O)CCC(=O)c2ccc3c(c2)CCNCC3)C1. The molecule has 0 aromatic heterocycles. The third kappa shape index (κ3) is 6.92. The Morgan fingerprint density at radius 3 is 2.84 bits per heavy atom. The summed E-state index contributed by atoms with van der Waals surface area (Å²) in [5, 5.41) is 6.48. The van der Waals surface area contributed by atoms with E-state index in [1.165, 1.54) is 16.7 Å². The predicted molar refractivity (Wildman–Crippen MR) is 125 cm³/mol. The molecule has 0 bridgehead atoms. The van der Waals surface area contributed by atoms with Crippen molar-refractivity contribution in [2.75, 3.05) is 32.7 Å². The van der Waals surface area contributed by atoms with E-state index in [0.29, 0.717) is 0 Å². The van der Waals surface area contributed by atoms with Gasteiger partial charge in [0, 0.05) is 44.1 Å². The van der Waals surface area contributed by atoms with Gasteiger partial charge in [-0.25, -0.2) is 0 Å². The first-order valence-electron chi connectivity index (χ1n) is 11.2. The van der Waals surface area contributed by atoms with E-state index in [-0.39, 0.29) is 30.6 Å². The zero-order valence-corrected chi connectivity index (χ0v) is 18.5. The summed E-state index contributed by atoms with van der Waals surface area (Å²) in [5.74, 6) is 2.52. The number of carbonyl (C=O) groups is 2. The van der Waals surface area contributed by atoms with Gasteiger partial charge in [-0.05, 0) is 74.2 Å². The van der Waals surface area contributed by atoms with Gasteiger partial charge in [0.2, 0.25) is 5.91 Å². The molecule has 2 aliphatic rings. The molecule has 0 spiro atoms. The molecule has 1 unspecified atom stereocenters. The predicted octanol–water partition coefficient (Wildman–Crippen LogP) is 2.66. The number of terminal acetylenes is 1. The van der Waals surface area contributed by atoms with E-state index in [2.05, 4.69) is 33.6 Å². The number of nitrogens with zero attached hydrogens (tertiary/aromatic N) is 1. The molecular formula is C26H33N3O2. The first-order chi connectivity index (χ1) is 15.1. The molecule has 0 saturated carbocycles. The highest BCUT2D eigenvalue weighted by Gasteiger charge is 2.24. The molecule has 1 amide bonds. The molecule has 1 aromatic carbocycles. The van der Waals surface area contributed by atoms with Crippen molar-refractivity contribution in [1.29, 1.82) is 0 Å². The minimum Gasteiger partial charge on any atom is -0.352 e. The Labute approximate surface area is 186 Å². The second-order valence-corrected chi connectivity index (χ2v) is 8.31. The Balaban J connectivity index is 1.43. The third-order valence-corrected chi connectivity index (χ3v) is 6.06. The monoisotopic (exact) mass is 419 g/mol. The van der Waals surface area contributed by atoms with Crippen molar-refractivity contribution in [3.05, 3.63) is 58.7 Å². The fourth-order valence-electron chi connectivity index (χ4n) is 4.27. The number of rotatable bonds is 8. The van der Waals surface area contributed by atoms with E-state index in [4.69, 9.17) is 6.42 Å². The fraction of sp³-hybridized carbons (Fsp3) is 0.462. The van der Waals surface area contributed by atoms with Crippen LogP contribution >= 0.6 is 0 Å². The van der Waals surface area contributed by atoms with Crippen LogP contribution in [-0.4, -0.2) is 55.4 Å². The molecule has 2 heterocycles. The third-order valence-electron chi connectivity index (χ3n) is 6.06. The van der Waals surface area contributed by atoms with Gasteiger partial charge >= 0.3 is 0 Å². The number of hydrogen-bond acceptors (Lipinski definition) is 4. The summed E-state index contributed by atoms with van der Waals surface area (Å²) in [4.78, 5) is 27.3. The number of carbonyl (C=O) groups excluding carboxylic acids is 2. The fourth-order valence-corrected chi connectivity index (χ4v) is 4.27. The van der Waals surface area contributed by atoms with Crippen molar-refractivity contribution in [2.45, 2.75) is 45.1 Å². The van der Waals surface area contributed by atoms with Gasteiger partial charge < -0.3 is 10.6 Å². The topological polar surface area (TPSA) is 61.4 Å². The lowest BCUT2D eigenvalue weighted by atomic mass is 9.97. The number of allylic oxidation sites excluding steroid dienone is 2. The number of amides is 1. The number of benzene rings is 1. The Morgan fingerprint density at radius 2 is 2.06 bits per heavy atom. The maximum Gasteiger partial charge on any atom is 0.220 e. The Bertz CT molecular complexity index is 894. The van der Waals surface area contributed by atoms with Gasteiger partial charge in [-0.2, -0.15) is 0 Å². The van der Waals surface area contributed by atoms with Crippen molar-refractivity contribution in [1.82, 2.24) is 15.5 Å². The maximum absolute atomic E-state index is 12.6. The standard InChI is InChI=1S/C26H33N3O2/c1-3-5-6-20(4-2)18-29-16-13-24(19-29)28-26(31)10-9-25(30)23-8-7-21-11-14-27-15-12-22(21)17-23/h1,4-8,17,24,27H,9-16,18-19H2,2H3,(H,28,31)/b6-5-,20-4+. The van der Waals surface area contributed by atoms with Gasteiger partial charge in [-0.15, -0.1) is 6.42 Å². The molecule has 0 aliphatic carbocycles. The van der Waals surface area contributed by atoms with Crippen molar-refractivity contribution < 1.29 is 9.59 Å². The van der Waals surface area contributed by atoms with Crippen LogP contribution in [0.5, 0.6) is 0 Å². The van der Waals surface area contributed by atoms with E-state index in [0.717, 1.165) is 57.5 Å². The summed E-state index contributed by atoms with van der Waals surface area (Å²) in [7, 11) is 0. The van der Waals surface area contributed by atoms with Gasteiger partial charge in [0.25, 0.3) is 0 Å². The van der Waals surface area contributed by atoms with Crippen LogP contribution in [-0.2, 0) is 17.6 Å². The molecule has 5 heteroatoms. The Morgan fingerprint density at radius 1 is 1.26 bits per heavy atom. The minimum atomic E-state index is -0.0438. The van der Waals surface area contributed by atoms with Crippen LogP contribution in [0.3, 0.4) is 0 Å². The number of nitrogens with one attached hydrogen (secondary N) is 2. The first kappa shape index (κ1) is 23.0. The number of likely N-dealkylation sites (tertiary alicyclic amines) is 1. The highest BCUT2D eigenvalue weighted by Crippen LogP contribution is 2.17. The van der Waals surface area contributed by atoms with Crippen LogP contribution in [0.1, 0.15) is 47.7 Å². The molecule has 2 aliphatic heterocycles. The van der Waals surface area contributed by atoms with Crippen molar-refractivity contribution in [3.63, 3.8) is 0 Å². The molecule has 164 valence electrons. The quantitative estimate of drug-likeness (QED) is 0.386. The summed E-state index contributed by atoms with van der Waals surface area (Å²) in [5.41, 5.74) is 4.47. The number of hydrogen-bond donors (Lipinski definition) is 2. The zero-order chi connectivity index (χ0) is 22.1. The molecule has 31 heavy (non-hydrogen) atoms. The van der Waals surface area contributed by atoms with Crippen LogP contribution in [0.25, 0.3) is 0 Å². The average molecular weight is 420 g/mol. The van der Waals surface area contributed by atoms with Crippen molar-refractivity contribution in [2.24, 2.45) is 0 Å². The average Bonchev–Trinajstić information content (AvgIpc) is 3.07. The van der Waals surface area contributed by atoms with E-state index in [9.17, 15) is 9.59 Å². The highest BCUT2D eigenvalue weighted by molar-refractivity contribution is 5.98. The lowest BCUT2D eigenvalue weighted by molar-refractivity contribution is -0.121. The number of ketones is 1.